The summed E-state index contributed by atoms with van der Waals surface area (Å²) in [6.07, 6.45) is 2.03. The van der Waals surface area contributed by atoms with Crippen LogP contribution in [0.2, 0.25) is 0 Å². The van der Waals surface area contributed by atoms with Gasteiger partial charge in [-0.25, -0.2) is 0 Å². The summed E-state index contributed by atoms with van der Waals surface area (Å²) in [5.74, 6) is 0.815. The van der Waals surface area contributed by atoms with Crippen molar-refractivity contribution in [1.29, 1.82) is 5.26 Å². The maximum absolute atomic E-state index is 9.73. The SMILES string of the molecule is N#Cc1cc(-c2nc(-c3cccc4c3CCC4NCCN3CCNCC3)no2)ccc1O. The number of fused-ring (bicyclic) bond motifs is 1. The maximum atomic E-state index is 9.73. The molecule has 164 valence electrons. The molecule has 3 N–H and O–H groups in total. The molecule has 0 saturated carbocycles. The molecule has 8 nitrogen and oxygen atoms in total. The summed E-state index contributed by atoms with van der Waals surface area (Å²) < 4.78 is 5.48. The topological polar surface area (TPSA) is 110 Å². The van der Waals surface area contributed by atoms with Gasteiger partial charge in [0.25, 0.3) is 5.89 Å². The van der Waals surface area contributed by atoms with E-state index in [2.05, 4.69) is 37.8 Å². The summed E-state index contributed by atoms with van der Waals surface area (Å²) in [6.45, 7) is 6.42. The molecule has 1 fully saturated rings. The fraction of sp³-hybridized carbons (Fsp3) is 0.375. The number of hydrogen-bond donors (Lipinski definition) is 3. The zero-order valence-corrected chi connectivity index (χ0v) is 17.8. The van der Waals surface area contributed by atoms with Crippen molar-refractivity contribution in [2.75, 3.05) is 39.3 Å². The van der Waals surface area contributed by atoms with Gasteiger partial charge in [0.15, 0.2) is 0 Å². The molecule has 0 amide bonds. The Labute approximate surface area is 186 Å². The molecule has 3 aromatic rings. The first kappa shape index (κ1) is 20.6. The lowest BCUT2D eigenvalue weighted by atomic mass is 10.0. The molecule has 2 aromatic carbocycles. The van der Waals surface area contributed by atoms with Crippen molar-refractivity contribution < 1.29 is 9.63 Å². The molecule has 2 aliphatic rings. The zero-order chi connectivity index (χ0) is 21.9. The maximum Gasteiger partial charge on any atom is 0.258 e. The Bertz CT molecular complexity index is 1150. The van der Waals surface area contributed by atoms with Crippen LogP contribution in [-0.2, 0) is 6.42 Å². The van der Waals surface area contributed by atoms with Gasteiger partial charge in [-0.2, -0.15) is 10.2 Å². The summed E-state index contributed by atoms with van der Waals surface area (Å²) in [4.78, 5) is 7.08. The Morgan fingerprint density at radius 1 is 1.25 bits per heavy atom. The van der Waals surface area contributed by atoms with Gasteiger partial charge in [0.2, 0.25) is 5.82 Å². The van der Waals surface area contributed by atoms with Crippen molar-refractivity contribution in [2.45, 2.75) is 18.9 Å². The highest BCUT2D eigenvalue weighted by atomic mass is 16.5. The number of nitrogens with one attached hydrogen (secondary N) is 2. The lowest BCUT2D eigenvalue weighted by Crippen LogP contribution is -2.45. The van der Waals surface area contributed by atoms with Crippen LogP contribution < -0.4 is 10.6 Å². The molecule has 1 aromatic heterocycles. The van der Waals surface area contributed by atoms with E-state index in [0.29, 0.717) is 23.3 Å². The Kier molecular flexibility index (Phi) is 5.86. The molecule has 1 aliphatic heterocycles. The number of aromatic hydroxyl groups is 1. The summed E-state index contributed by atoms with van der Waals surface area (Å²) in [5.41, 5.74) is 4.35. The molecule has 0 spiro atoms. The lowest BCUT2D eigenvalue weighted by Gasteiger charge is -2.27. The predicted octanol–water partition coefficient (Wildman–Crippen LogP) is 2.46. The minimum absolute atomic E-state index is 0.0626. The third-order valence-electron chi connectivity index (χ3n) is 6.33. The molecule has 8 heteroatoms. The van der Waals surface area contributed by atoms with Crippen LogP contribution in [0.25, 0.3) is 22.8 Å². The quantitative estimate of drug-likeness (QED) is 0.547. The summed E-state index contributed by atoms with van der Waals surface area (Å²) >= 11 is 0. The van der Waals surface area contributed by atoms with E-state index in [-0.39, 0.29) is 11.3 Å². The highest BCUT2D eigenvalue weighted by Gasteiger charge is 2.26. The van der Waals surface area contributed by atoms with Crippen LogP contribution in [0.1, 0.15) is 29.2 Å². The molecule has 0 bridgehead atoms. The second-order valence-electron chi connectivity index (χ2n) is 8.28. The largest absolute Gasteiger partial charge is 0.507 e. The van der Waals surface area contributed by atoms with Crippen molar-refractivity contribution in [3.63, 3.8) is 0 Å². The van der Waals surface area contributed by atoms with Crippen molar-refractivity contribution >= 4 is 0 Å². The second kappa shape index (κ2) is 9.09. The standard InChI is InChI=1S/C24H26N6O2/c25-15-17-14-16(4-7-22(17)31)24-28-23(29-32-24)20-3-1-2-19-18(20)5-6-21(19)27-10-13-30-11-8-26-9-12-30/h1-4,7,14,21,26-27,31H,5-6,8-13H2. The Morgan fingerprint density at radius 2 is 2.12 bits per heavy atom. The van der Waals surface area contributed by atoms with Gasteiger partial charge in [-0.15, -0.1) is 0 Å². The molecule has 0 radical (unpaired) electrons. The first-order chi connectivity index (χ1) is 15.7. The number of aromatic nitrogens is 2. The van der Waals surface area contributed by atoms with Gasteiger partial charge >= 0.3 is 0 Å². The number of phenolic OH excluding ortho intramolecular Hbond substituents is 1. The minimum atomic E-state index is -0.0626. The Balaban J connectivity index is 1.32. The first-order valence-electron chi connectivity index (χ1n) is 11.1. The van der Waals surface area contributed by atoms with Crippen LogP contribution in [-0.4, -0.2) is 59.4 Å². The van der Waals surface area contributed by atoms with Crippen molar-refractivity contribution in [2.24, 2.45) is 0 Å². The minimum Gasteiger partial charge on any atom is -0.507 e. The number of benzene rings is 2. The van der Waals surface area contributed by atoms with Crippen molar-refractivity contribution in [1.82, 2.24) is 25.7 Å². The monoisotopic (exact) mass is 430 g/mol. The second-order valence-corrected chi connectivity index (χ2v) is 8.28. The van der Waals surface area contributed by atoms with Gasteiger partial charge < -0.3 is 20.3 Å². The molecule has 1 aliphatic carbocycles. The van der Waals surface area contributed by atoms with Gasteiger partial charge in [-0.05, 0) is 42.2 Å². The van der Waals surface area contributed by atoms with E-state index in [1.807, 2.05) is 12.1 Å². The Hall–Kier alpha value is -3.25. The van der Waals surface area contributed by atoms with Crippen molar-refractivity contribution in [3.8, 4) is 34.7 Å². The Morgan fingerprint density at radius 3 is 2.97 bits per heavy atom. The van der Waals surface area contributed by atoms with Crippen LogP contribution in [0, 0.1) is 11.3 Å². The van der Waals surface area contributed by atoms with Gasteiger partial charge in [0, 0.05) is 56.4 Å². The van der Waals surface area contributed by atoms with E-state index in [0.717, 1.165) is 57.7 Å². The fourth-order valence-electron chi connectivity index (χ4n) is 4.62. The fourth-order valence-corrected chi connectivity index (χ4v) is 4.62. The van der Waals surface area contributed by atoms with Gasteiger partial charge in [-0.3, -0.25) is 4.90 Å². The van der Waals surface area contributed by atoms with Crippen LogP contribution in [0.3, 0.4) is 0 Å². The molecule has 1 saturated heterocycles. The molecular formula is C24H26N6O2. The van der Waals surface area contributed by atoms with Gasteiger partial charge in [0.05, 0.1) is 5.56 Å². The van der Waals surface area contributed by atoms with Gasteiger partial charge in [0.1, 0.15) is 11.8 Å². The lowest BCUT2D eigenvalue weighted by molar-refractivity contribution is 0.238. The van der Waals surface area contributed by atoms with E-state index < -0.39 is 0 Å². The third kappa shape index (κ3) is 4.10. The van der Waals surface area contributed by atoms with Crippen LogP contribution in [0.5, 0.6) is 5.75 Å². The first-order valence-corrected chi connectivity index (χ1v) is 11.1. The van der Waals surface area contributed by atoms with E-state index in [4.69, 9.17) is 9.78 Å². The summed E-state index contributed by atoms with van der Waals surface area (Å²) in [6, 6.07) is 13.3. The van der Waals surface area contributed by atoms with E-state index in [1.165, 1.54) is 17.2 Å². The highest BCUT2D eigenvalue weighted by Crippen LogP contribution is 2.37. The average molecular weight is 431 g/mol. The van der Waals surface area contributed by atoms with Gasteiger partial charge in [-0.1, -0.05) is 23.4 Å². The van der Waals surface area contributed by atoms with E-state index >= 15 is 0 Å². The molecule has 32 heavy (non-hydrogen) atoms. The molecule has 1 atom stereocenters. The number of piperazine rings is 1. The van der Waals surface area contributed by atoms with E-state index in [1.54, 1.807) is 12.1 Å². The molecule has 2 heterocycles. The normalized spacial score (nSPS) is 18.4. The molecule has 1 unspecified atom stereocenters. The van der Waals surface area contributed by atoms with E-state index in [9.17, 15) is 5.11 Å². The number of rotatable bonds is 6. The van der Waals surface area contributed by atoms with Crippen molar-refractivity contribution in [3.05, 3.63) is 53.1 Å². The number of hydrogen-bond acceptors (Lipinski definition) is 8. The van der Waals surface area contributed by atoms with Crippen LogP contribution in [0.4, 0.5) is 0 Å². The summed E-state index contributed by atoms with van der Waals surface area (Å²) in [7, 11) is 0. The third-order valence-corrected chi connectivity index (χ3v) is 6.33. The molecular weight excluding hydrogens is 404 g/mol. The van der Waals surface area contributed by atoms with Crippen LogP contribution >= 0.6 is 0 Å². The summed E-state index contributed by atoms with van der Waals surface area (Å²) in [5, 5.41) is 30.2. The number of nitrogens with zero attached hydrogens (tertiary/aromatic N) is 4. The smallest absolute Gasteiger partial charge is 0.258 e. The zero-order valence-electron chi connectivity index (χ0n) is 17.8. The molecule has 5 rings (SSSR count). The van der Waals surface area contributed by atoms with Crippen LogP contribution in [0.15, 0.2) is 40.9 Å². The highest BCUT2D eigenvalue weighted by molar-refractivity contribution is 5.67. The average Bonchev–Trinajstić information content (AvgIpc) is 3.48. The number of nitriles is 1. The predicted molar refractivity (Wildman–Crippen MR) is 120 cm³/mol. The number of phenols is 1.